The minimum atomic E-state index is -0.194. The van der Waals surface area contributed by atoms with Crippen molar-refractivity contribution in [1.82, 2.24) is 15.3 Å². The summed E-state index contributed by atoms with van der Waals surface area (Å²) in [4.78, 5) is 21.9. The number of nitrogens with zero attached hydrogens (tertiary/aromatic N) is 2. The molecule has 1 amide bonds. The van der Waals surface area contributed by atoms with Gasteiger partial charge >= 0.3 is 0 Å². The van der Waals surface area contributed by atoms with Crippen molar-refractivity contribution in [3.63, 3.8) is 0 Å². The molecule has 0 aliphatic rings. The number of hydrogen-bond donors (Lipinski definition) is 2. The molecule has 4 rings (SSSR count). The largest absolute Gasteiger partial charge is 0.368 e. The molecule has 0 saturated carbocycles. The lowest BCUT2D eigenvalue weighted by Crippen LogP contribution is -2.29. The molecule has 0 radical (unpaired) electrons. The van der Waals surface area contributed by atoms with Gasteiger partial charge in [0.25, 0.3) is 5.91 Å². The van der Waals surface area contributed by atoms with Gasteiger partial charge < -0.3 is 10.6 Å². The van der Waals surface area contributed by atoms with Gasteiger partial charge in [0.1, 0.15) is 17.0 Å². The molecular formula is C21H17ClN4OS. The first-order valence-electron chi connectivity index (χ1n) is 8.78. The van der Waals surface area contributed by atoms with Crippen LogP contribution in [0.15, 0.2) is 66.3 Å². The van der Waals surface area contributed by atoms with Crippen molar-refractivity contribution >= 4 is 44.9 Å². The van der Waals surface area contributed by atoms with E-state index in [9.17, 15) is 4.79 Å². The Hall–Kier alpha value is -2.96. The third kappa shape index (κ3) is 3.83. The number of amides is 1. The van der Waals surface area contributed by atoms with Gasteiger partial charge in [-0.3, -0.25) is 4.79 Å². The zero-order valence-corrected chi connectivity index (χ0v) is 16.4. The molecule has 0 fully saturated rings. The van der Waals surface area contributed by atoms with E-state index in [0.717, 1.165) is 27.2 Å². The highest BCUT2D eigenvalue weighted by Crippen LogP contribution is 2.36. The van der Waals surface area contributed by atoms with Crippen LogP contribution in [0.3, 0.4) is 0 Å². The second-order valence-corrected chi connectivity index (χ2v) is 7.35. The highest BCUT2D eigenvalue weighted by molar-refractivity contribution is 7.17. The number of hydrogen-bond acceptors (Lipinski definition) is 5. The molecule has 0 aliphatic carbocycles. The molecule has 0 bridgehead atoms. The third-order valence-corrected chi connectivity index (χ3v) is 5.49. The molecular weight excluding hydrogens is 392 g/mol. The van der Waals surface area contributed by atoms with Crippen molar-refractivity contribution in [2.45, 2.75) is 0 Å². The number of fused-ring (bicyclic) bond motifs is 1. The lowest BCUT2D eigenvalue weighted by molar-refractivity contribution is 0.0955. The van der Waals surface area contributed by atoms with Crippen LogP contribution in [0.4, 0.5) is 5.82 Å². The molecule has 140 valence electrons. The summed E-state index contributed by atoms with van der Waals surface area (Å²) in [7, 11) is 0. The Morgan fingerprint density at radius 1 is 1.00 bits per heavy atom. The van der Waals surface area contributed by atoms with Crippen LogP contribution >= 0.6 is 22.9 Å². The van der Waals surface area contributed by atoms with Crippen LogP contribution in [-0.2, 0) is 0 Å². The van der Waals surface area contributed by atoms with Gasteiger partial charge in [0.2, 0.25) is 0 Å². The number of rotatable bonds is 6. The molecule has 0 spiro atoms. The van der Waals surface area contributed by atoms with Crippen molar-refractivity contribution in [2.75, 3.05) is 18.4 Å². The SMILES string of the molecule is O=C(NCCNc1ncnc2scc(-c3ccccc3)c12)c1ccccc1Cl. The second kappa shape index (κ2) is 8.37. The highest BCUT2D eigenvalue weighted by Gasteiger charge is 2.13. The Balaban J connectivity index is 1.46. The number of halogens is 1. The molecule has 2 aromatic heterocycles. The number of anilines is 1. The minimum Gasteiger partial charge on any atom is -0.368 e. The lowest BCUT2D eigenvalue weighted by atomic mass is 10.1. The first-order chi connectivity index (χ1) is 13.7. The fourth-order valence-corrected chi connectivity index (χ4v) is 4.07. The molecule has 2 aromatic carbocycles. The first-order valence-corrected chi connectivity index (χ1v) is 10.0. The quantitative estimate of drug-likeness (QED) is 0.447. The summed E-state index contributed by atoms with van der Waals surface area (Å²) in [6.07, 6.45) is 1.55. The van der Waals surface area contributed by atoms with Gasteiger partial charge in [-0.2, -0.15) is 0 Å². The first kappa shape index (κ1) is 18.4. The molecule has 28 heavy (non-hydrogen) atoms. The van der Waals surface area contributed by atoms with Gasteiger partial charge in [0.05, 0.1) is 16.0 Å². The number of carbonyl (C=O) groups excluding carboxylic acids is 1. The van der Waals surface area contributed by atoms with Crippen molar-refractivity contribution < 1.29 is 4.79 Å². The van der Waals surface area contributed by atoms with Crippen molar-refractivity contribution in [3.8, 4) is 11.1 Å². The summed E-state index contributed by atoms with van der Waals surface area (Å²) in [6.45, 7) is 0.979. The zero-order chi connectivity index (χ0) is 19.3. The van der Waals surface area contributed by atoms with Crippen molar-refractivity contribution in [3.05, 3.63) is 76.9 Å². The number of thiophene rings is 1. The zero-order valence-electron chi connectivity index (χ0n) is 14.9. The normalized spacial score (nSPS) is 10.8. The minimum absolute atomic E-state index is 0.194. The standard InChI is InChI=1S/C21H17ClN4OS/c22-17-9-5-4-8-15(17)20(27)24-11-10-23-19-18-16(14-6-2-1-3-7-14)12-28-21(18)26-13-25-19/h1-9,12-13H,10-11H2,(H,24,27)(H,23,25,26). The maximum absolute atomic E-state index is 12.2. The molecule has 4 aromatic rings. The predicted molar refractivity (Wildman–Crippen MR) is 115 cm³/mol. The summed E-state index contributed by atoms with van der Waals surface area (Å²) < 4.78 is 0. The Labute approximate surface area is 171 Å². The topological polar surface area (TPSA) is 66.9 Å². The van der Waals surface area contributed by atoms with Crippen LogP contribution in [0, 0.1) is 0 Å². The number of carbonyl (C=O) groups is 1. The second-order valence-electron chi connectivity index (χ2n) is 6.08. The van der Waals surface area contributed by atoms with Gasteiger partial charge in [0.15, 0.2) is 0 Å². The van der Waals surface area contributed by atoms with E-state index >= 15 is 0 Å². The molecule has 0 aliphatic heterocycles. The summed E-state index contributed by atoms with van der Waals surface area (Å²) in [5, 5.41) is 9.72. The molecule has 7 heteroatoms. The Bertz CT molecular complexity index is 1110. The average molecular weight is 409 g/mol. The fourth-order valence-electron chi connectivity index (χ4n) is 2.94. The van der Waals surface area contributed by atoms with E-state index in [1.54, 1.807) is 41.9 Å². The fraction of sp³-hybridized carbons (Fsp3) is 0.0952. The smallest absolute Gasteiger partial charge is 0.252 e. The number of aromatic nitrogens is 2. The van der Waals surface area contributed by atoms with Crippen molar-refractivity contribution in [2.24, 2.45) is 0 Å². The Kier molecular flexibility index (Phi) is 5.50. The van der Waals surface area contributed by atoms with E-state index in [1.807, 2.05) is 18.2 Å². The summed E-state index contributed by atoms with van der Waals surface area (Å²) in [5.41, 5.74) is 2.69. The van der Waals surface area contributed by atoms with Crippen LogP contribution in [0.1, 0.15) is 10.4 Å². The maximum atomic E-state index is 12.2. The van der Waals surface area contributed by atoms with E-state index in [4.69, 9.17) is 11.6 Å². The monoisotopic (exact) mass is 408 g/mol. The molecule has 2 heterocycles. The van der Waals surface area contributed by atoms with Crippen LogP contribution in [0.25, 0.3) is 21.3 Å². The average Bonchev–Trinajstić information content (AvgIpc) is 3.17. The molecule has 0 saturated heterocycles. The van der Waals surface area contributed by atoms with E-state index in [-0.39, 0.29) is 5.91 Å². The van der Waals surface area contributed by atoms with E-state index in [0.29, 0.717) is 23.7 Å². The molecule has 0 unspecified atom stereocenters. The molecule has 5 nitrogen and oxygen atoms in total. The Morgan fingerprint density at radius 2 is 1.79 bits per heavy atom. The van der Waals surface area contributed by atoms with Crippen LogP contribution < -0.4 is 10.6 Å². The third-order valence-electron chi connectivity index (χ3n) is 4.28. The molecule has 2 N–H and O–H groups in total. The van der Waals surface area contributed by atoms with E-state index in [1.165, 1.54) is 0 Å². The van der Waals surface area contributed by atoms with E-state index < -0.39 is 0 Å². The van der Waals surface area contributed by atoms with Crippen LogP contribution in [-0.4, -0.2) is 29.0 Å². The van der Waals surface area contributed by atoms with Gasteiger partial charge in [-0.25, -0.2) is 9.97 Å². The summed E-state index contributed by atoms with van der Waals surface area (Å²) >= 11 is 7.65. The number of nitrogens with one attached hydrogen (secondary N) is 2. The summed E-state index contributed by atoms with van der Waals surface area (Å²) in [5.74, 6) is 0.567. The van der Waals surface area contributed by atoms with Crippen LogP contribution in [0.2, 0.25) is 5.02 Å². The maximum Gasteiger partial charge on any atom is 0.252 e. The van der Waals surface area contributed by atoms with Gasteiger partial charge in [-0.05, 0) is 17.7 Å². The lowest BCUT2D eigenvalue weighted by Gasteiger charge is -2.10. The number of benzene rings is 2. The Morgan fingerprint density at radius 3 is 2.61 bits per heavy atom. The highest BCUT2D eigenvalue weighted by atomic mass is 35.5. The van der Waals surface area contributed by atoms with E-state index in [2.05, 4.69) is 38.1 Å². The van der Waals surface area contributed by atoms with Crippen LogP contribution in [0.5, 0.6) is 0 Å². The van der Waals surface area contributed by atoms with Gasteiger partial charge in [-0.15, -0.1) is 11.3 Å². The summed E-state index contributed by atoms with van der Waals surface area (Å²) in [6, 6.07) is 17.2. The van der Waals surface area contributed by atoms with Crippen molar-refractivity contribution in [1.29, 1.82) is 0 Å². The van der Waals surface area contributed by atoms with Gasteiger partial charge in [0, 0.05) is 24.0 Å². The molecule has 0 atom stereocenters. The predicted octanol–water partition coefficient (Wildman–Crippen LogP) is 4.85. The van der Waals surface area contributed by atoms with Gasteiger partial charge in [-0.1, -0.05) is 54.1 Å².